The molecule has 2 N–H and O–H groups in total. The lowest BCUT2D eigenvalue weighted by Crippen LogP contribution is -2.26. The summed E-state index contributed by atoms with van der Waals surface area (Å²) in [6.45, 7) is 8.19. The van der Waals surface area contributed by atoms with Gasteiger partial charge in [-0.05, 0) is 94.1 Å². The zero-order valence-corrected chi connectivity index (χ0v) is 21.3. The number of anilines is 2. The third-order valence-electron chi connectivity index (χ3n) is 6.48. The van der Waals surface area contributed by atoms with Crippen molar-refractivity contribution in [2.45, 2.75) is 39.5 Å². The third kappa shape index (κ3) is 5.18. The highest BCUT2D eigenvalue weighted by molar-refractivity contribution is 5.77. The number of aromatic nitrogens is 4. The molecule has 4 heterocycles. The van der Waals surface area contributed by atoms with Gasteiger partial charge in [-0.3, -0.25) is 0 Å². The van der Waals surface area contributed by atoms with Crippen LogP contribution in [-0.4, -0.2) is 32.3 Å². The predicted molar refractivity (Wildman–Crippen MR) is 143 cm³/mol. The zero-order valence-electron chi connectivity index (χ0n) is 21.3. The van der Waals surface area contributed by atoms with Crippen LogP contribution in [0, 0.1) is 6.92 Å². The number of fused-ring (bicyclic) bond motifs is 1. The highest BCUT2D eigenvalue weighted by Crippen LogP contribution is 2.34. The van der Waals surface area contributed by atoms with Crippen LogP contribution < -0.4 is 20.9 Å². The Morgan fingerprint density at radius 2 is 1.97 bits per heavy atom. The molecule has 4 aromatic rings. The maximum atomic E-state index is 6.22. The second-order valence-corrected chi connectivity index (χ2v) is 9.57. The molecule has 0 radical (unpaired) electrons. The number of allylic oxidation sites excluding steroid dienone is 1. The lowest BCUT2D eigenvalue weighted by Gasteiger charge is -2.22. The number of nitrogens with one attached hydrogen (secondary N) is 2. The van der Waals surface area contributed by atoms with E-state index in [1.54, 1.807) is 6.33 Å². The van der Waals surface area contributed by atoms with Crippen LogP contribution in [0.2, 0.25) is 0 Å². The van der Waals surface area contributed by atoms with E-state index in [0.29, 0.717) is 5.92 Å². The molecule has 186 valence electrons. The molecular formula is C28H33N7O. The van der Waals surface area contributed by atoms with Gasteiger partial charge in [0.05, 0.1) is 0 Å². The van der Waals surface area contributed by atoms with Crippen molar-refractivity contribution in [2.75, 3.05) is 18.4 Å². The number of hydrogen-bond donors (Lipinski definition) is 2. The smallest absolute Gasteiger partial charge is 0.158 e. The summed E-state index contributed by atoms with van der Waals surface area (Å²) in [5, 5.41) is 11.4. The Labute approximate surface area is 211 Å². The van der Waals surface area contributed by atoms with E-state index < -0.39 is 0 Å². The van der Waals surface area contributed by atoms with Crippen molar-refractivity contribution in [3.63, 3.8) is 0 Å². The molecule has 0 atom stereocenters. The van der Waals surface area contributed by atoms with Crippen molar-refractivity contribution in [2.24, 2.45) is 12.0 Å². The minimum atomic E-state index is 0.515. The fraction of sp³-hybridized carbons (Fsp3) is 0.321. The quantitative estimate of drug-likeness (QED) is 0.394. The summed E-state index contributed by atoms with van der Waals surface area (Å²) in [4.78, 5) is 9.14. The number of ether oxygens (including phenoxy) is 1. The van der Waals surface area contributed by atoms with Gasteiger partial charge in [0.15, 0.2) is 5.82 Å². The van der Waals surface area contributed by atoms with Gasteiger partial charge in [-0.1, -0.05) is 5.57 Å². The van der Waals surface area contributed by atoms with Gasteiger partial charge in [0.2, 0.25) is 0 Å². The standard InChI is InChI=1S/C28H33N7O/c1-19(2)17-30-26-16-23(9-13-34(26)4)36-25-6-5-22(15-20(25)3)33-28-27-24(21-7-11-29-12-8-21)10-14-35(27)32-18-31-28/h5-6,9-10,13-18,21,29H,7-8,11-12H2,1-4H3,(H,31,32,33). The summed E-state index contributed by atoms with van der Waals surface area (Å²) in [6.07, 6.45) is 9.69. The van der Waals surface area contributed by atoms with Crippen LogP contribution in [0.1, 0.15) is 43.7 Å². The molecule has 0 saturated carbocycles. The molecule has 3 aromatic heterocycles. The second kappa shape index (κ2) is 10.4. The molecule has 1 aliphatic heterocycles. The Morgan fingerprint density at radius 1 is 1.14 bits per heavy atom. The van der Waals surface area contributed by atoms with Crippen LogP contribution in [0.15, 0.2) is 71.9 Å². The summed E-state index contributed by atoms with van der Waals surface area (Å²) in [6, 6.07) is 12.2. The maximum absolute atomic E-state index is 6.22. The van der Waals surface area contributed by atoms with Crippen molar-refractivity contribution < 1.29 is 4.74 Å². The van der Waals surface area contributed by atoms with Crippen LogP contribution in [0.3, 0.4) is 0 Å². The van der Waals surface area contributed by atoms with Crippen LogP contribution in [0.4, 0.5) is 11.5 Å². The first kappa shape index (κ1) is 23.8. The Bertz CT molecular complexity index is 1470. The molecule has 5 rings (SSSR count). The lowest BCUT2D eigenvalue weighted by molar-refractivity contribution is 0.462. The fourth-order valence-corrected chi connectivity index (χ4v) is 4.56. The number of piperidine rings is 1. The summed E-state index contributed by atoms with van der Waals surface area (Å²) in [7, 11) is 1.97. The Morgan fingerprint density at radius 3 is 2.75 bits per heavy atom. The van der Waals surface area contributed by atoms with Gasteiger partial charge in [0.25, 0.3) is 0 Å². The molecule has 8 nitrogen and oxygen atoms in total. The largest absolute Gasteiger partial charge is 0.457 e. The first-order valence-corrected chi connectivity index (χ1v) is 12.4. The molecule has 0 spiro atoms. The predicted octanol–water partition coefficient (Wildman–Crippen LogP) is 5.20. The first-order valence-electron chi connectivity index (χ1n) is 12.4. The van der Waals surface area contributed by atoms with Crippen LogP contribution >= 0.6 is 0 Å². The van der Waals surface area contributed by atoms with E-state index in [4.69, 9.17) is 4.74 Å². The topological polar surface area (TPSA) is 80.8 Å². The van der Waals surface area contributed by atoms with E-state index in [1.807, 2.05) is 79.8 Å². The zero-order chi connectivity index (χ0) is 25.1. The molecule has 1 aliphatic rings. The van der Waals surface area contributed by atoms with E-state index >= 15 is 0 Å². The van der Waals surface area contributed by atoms with Crippen molar-refractivity contribution in [1.82, 2.24) is 24.5 Å². The van der Waals surface area contributed by atoms with Crippen molar-refractivity contribution >= 4 is 17.0 Å². The fourth-order valence-electron chi connectivity index (χ4n) is 4.56. The number of nitrogens with zero attached hydrogens (tertiary/aromatic N) is 5. The number of aryl methyl sites for hydroxylation is 2. The minimum Gasteiger partial charge on any atom is -0.457 e. The summed E-state index contributed by atoms with van der Waals surface area (Å²) in [5.41, 5.74) is 6.31. The Kier molecular flexibility index (Phi) is 6.86. The summed E-state index contributed by atoms with van der Waals surface area (Å²) >= 11 is 0. The number of rotatable bonds is 6. The average Bonchev–Trinajstić information content (AvgIpc) is 3.32. The molecule has 0 bridgehead atoms. The van der Waals surface area contributed by atoms with E-state index in [2.05, 4.69) is 37.8 Å². The highest BCUT2D eigenvalue weighted by atomic mass is 16.5. The van der Waals surface area contributed by atoms with Gasteiger partial charge in [0, 0.05) is 37.4 Å². The van der Waals surface area contributed by atoms with Gasteiger partial charge < -0.3 is 19.9 Å². The van der Waals surface area contributed by atoms with E-state index in [0.717, 1.165) is 71.1 Å². The van der Waals surface area contributed by atoms with Crippen LogP contribution in [-0.2, 0) is 7.05 Å². The van der Waals surface area contributed by atoms with Gasteiger partial charge in [-0.2, -0.15) is 5.10 Å². The van der Waals surface area contributed by atoms with E-state index in [-0.39, 0.29) is 0 Å². The number of pyridine rings is 1. The Hall–Kier alpha value is -3.91. The SMILES string of the molecule is CC(C)=CN=c1cc(Oc2ccc(Nc3ncnn4ccc(C5CCNCC5)c34)cc2C)ccn1C. The van der Waals surface area contributed by atoms with Gasteiger partial charge >= 0.3 is 0 Å². The van der Waals surface area contributed by atoms with Crippen molar-refractivity contribution in [1.29, 1.82) is 0 Å². The molecule has 1 fully saturated rings. The molecule has 36 heavy (non-hydrogen) atoms. The van der Waals surface area contributed by atoms with Crippen molar-refractivity contribution in [3.05, 3.63) is 83.5 Å². The lowest BCUT2D eigenvalue weighted by atomic mass is 9.91. The maximum Gasteiger partial charge on any atom is 0.158 e. The molecule has 1 aromatic carbocycles. The summed E-state index contributed by atoms with van der Waals surface area (Å²) in [5.74, 6) is 2.88. The van der Waals surface area contributed by atoms with Crippen LogP contribution in [0.5, 0.6) is 11.5 Å². The van der Waals surface area contributed by atoms with Gasteiger partial charge in [-0.25, -0.2) is 14.5 Å². The molecule has 8 heteroatoms. The molecule has 0 amide bonds. The molecule has 0 unspecified atom stereocenters. The number of hydrogen-bond acceptors (Lipinski definition) is 6. The molecule has 1 saturated heterocycles. The van der Waals surface area contributed by atoms with Crippen LogP contribution in [0.25, 0.3) is 5.52 Å². The Balaban J connectivity index is 1.39. The average molecular weight is 484 g/mol. The normalized spacial score (nSPS) is 14.7. The van der Waals surface area contributed by atoms with E-state index in [9.17, 15) is 0 Å². The monoisotopic (exact) mass is 483 g/mol. The van der Waals surface area contributed by atoms with E-state index in [1.165, 1.54) is 5.56 Å². The summed E-state index contributed by atoms with van der Waals surface area (Å²) < 4.78 is 10.1. The van der Waals surface area contributed by atoms with Gasteiger partial charge in [-0.15, -0.1) is 0 Å². The number of benzene rings is 1. The third-order valence-corrected chi connectivity index (χ3v) is 6.48. The molecule has 0 aliphatic carbocycles. The first-order chi connectivity index (χ1) is 17.5. The minimum absolute atomic E-state index is 0.515. The van der Waals surface area contributed by atoms with Crippen molar-refractivity contribution in [3.8, 4) is 11.5 Å². The van der Waals surface area contributed by atoms with Gasteiger partial charge in [0.1, 0.15) is 28.8 Å². The highest BCUT2D eigenvalue weighted by Gasteiger charge is 2.21. The molecular weight excluding hydrogens is 450 g/mol. The second-order valence-electron chi connectivity index (χ2n) is 9.57.